The van der Waals surface area contributed by atoms with Crippen molar-refractivity contribution in [1.82, 2.24) is 4.98 Å². The molecule has 0 radical (unpaired) electrons. The van der Waals surface area contributed by atoms with Gasteiger partial charge in [-0.05, 0) is 19.1 Å². The largest absolute Gasteiger partial charge is 0.376 e. The van der Waals surface area contributed by atoms with Gasteiger partial charge in [0, 0.05) is 23.2 Å². The third-order valence-electron chi connectivity index (χ3n) is 3.61. The normalized spacial score (nSPS) is 13.3. The smallest absolute Gasteiger partial charge is 0.256 e. The van der Waals surface area contributed by atoms with Crippen molar-refractivity contribution >= 4 is 17.4 Å². The number of nitrogens with one attached hydrogen (secondary N) is 1. The number of carbonyl (C=O) groups excluding carboxylic acids is 2. The summed E-state index contributed by atoms with van der Waals surface area (Å²) >= 11 is 0. The van der Waals surface area contributed by atoms with E-state index in [4.69, 9.17) is 4.74 Å². The number of benzene rings is 1. The van der Waals surface area contributed by atoms with Crippen LogP contribution >= 0.6 is 0 Å². The Morgan fingerprint density at radius 2 is 2.00 bits per heavy atom. The predicted octanol–water partition coefficient (Wildman–Crippen LogP) is 2.61. The van der Waals surface area contributed by atoms with Crippen molar-refractivity contribution in [2.45, 2.75) is 20.0 Å². The summed E-state index contributed by atoms with van der Waals surface area (Å²) < 4.78 is 5.39. The Morgan fingerprint density at radius 3 is 2.77 bits per heavy atom. The summed E-state index contributed by atoms with van der Waals surface area (Å²) in [5.74, 6) is -0.452. The van der Waals surface area contributed by atoms with E-state index >= 15 is 0 Å². The summed E-state index contributed by atoms with van der Waals surface area (Å²) in [6.45, 7) is 2.64. The molecule has 3 rings (SSSR count). The fourth-order valence-electron chi connectivity index (χ4n) is 2.49. The molecule has 5 heteroatoms. The zero-order valence-electron chi connectivity index (χ0n) is 12.3. The molecule has 1 amide bonds. The molecular formula is C17H16N2O3. The maximum absolute atomic E-state index is 12.4. The maximum Gasteiger partial charge on any atom is 0.256 e. The van der Waals surface area contributed by atoms with Crippen molar-refractivity contribution in [2.75, 3.05) is 11.9 Å². The minimum Gasteiger partial charge on any atom is -0.376 e. The van der Waals surface area contributed by atoms with Crippen LogP contribution in [0.4, 0.5) is 5.69 Å². The molecule has 0 aliphatic carbocycles. The number of hydrogen-bond donors (Lipinski definition) is 1. The minimum absolute atomic E-state index is 0.136. The number of amides is 1. The molecule has 1 aromatic carbocycles. The van der Waals surface area contributed by atoms with Crippen LogP contribution in [0.15, 0.2) is 36.5 Å². The highest BCUT2D eigenvalue weighted by Gasteiger charge is 2.16. The second-order valence-electron chi connectivity index (χ2n) is 5.19. The van der Waals surface area contributed by atoms with Gasteiger partial charge in [0.15, 0.2) is 5.78 Å². The molecule has 0 fully saturated rings. The Morgan fingerprint density at radius 1 is 1.23 bits per heavy atom. The van der Waals surface area contributed by atoms with Crippen LogP contribution in [0.2, 0.25) is 0 Å². The van der Waals surface area contributed by atoms with Gasteiger partial charge in [-0.2, -0.15) is 0 Å². The second-order valence-corrected chi connectivity index (χ2v) is 5.19. The monoisotopic (exact) mass is 296 g/mol. The summed E-state index contributed by atoms with van der Waals surface area (Å²) in [5, 5.41) is 2.79. The molecular weight excluding hydrogens is 280 g/mol. The first-order chi connectivity index (χ1) is 10.6. The molecule has 1 aliphatic rings. The van der Waals surface area contributed by atoms with Crippen molar-refractivity contribution in [3.05, 3.63) is 58.9 Å². The van der Waals surface area contributed by atoms with E-state index in [-0.39, 0.29) is 11.7 Å². The highest BCUT2D eigenvalue weighted by molar-refractivity contribution is 6.12. The van der Waals surface area contributed by atoms with Gasteiger partial charge in [-0.15, -0.1) is 0 Å². The first kappa shape index (κ1) is 14.4. The van der Waals surface area contributed by atoms with Crippen LogP contribution in [0.25, 0.3) is 0 Å². The van der Waals surface area contributed by atoms with Crippen LogP contribution in [0.5, 0.6) is 0 Å². The van der Waals surface area contributed by atoms with Crippen LogP contribution in [0.3, 0.4) is 0 Å². The number of ether oxygens (including phenoxy) is 1. The average molecular weight is 296 g/mol. The molecule has 2 aromatic rings. The van der Waals surface area contributed by atoms with Crippen molar-refractivity contribution in [2.24, 2.45) is 0 Å². The lowest BCUT2D eigenvalue weighted by atomic mass is 10.0. The highest BCUT2D eigenvalue weighted by atomic mass is 16.5. The van der Waals surface area contributed by atoms with Gasteiger partial charge in [-0.25, -0.2) is 0 Å². The van der Waals surface area contributed by atoms with Gasteiger partial charge in [-0.1, -0.05) is 18.2 Å². The van der Waals surface area contributed by atoms with E-state index in [0.29, 0.717) is 30.0 Å². The number of pyridine rings is 1. The average Bonchev–Trinajstić information content (AvgIpc) is 2.54. The molecule has 0 atom stereocenters. The van der Waals surface area contributed by atoms with E-state index in [0.717, 1.165) is 17.7 Å². The minimum atomic E-state index is -0.315. The van der Waals surface area contributed by atoms with Gasteiger partial charge < -0.3 is 10.1 Å². The van der Waals surface area contributed by atoms with Crippen LogP contribution in [0, 0.1) is 0 Å². The number of anilines is 1. The van der Waals surface area contributed by atoms with Gasteiger partial charge in [0.05, 0.1) is 30.7 Å². The summed E-state index contributed by atoms with van der Waals surface area (Å²) in [4.78, 5) is 28.4. The molecule has 5 nitrogen and oxygen atoms in total. The summed E-state index contributed by atoms with van der Waals surface area (Å²) in [5.41, 5.74) is 3.38. The lowest BCUT2D eigenvalue weighted by Gasteiger charge is -2.16. The zero-order chi connectivity index (χ0) is 15.5. The topological polar surface area (TPSA) is 68.3 Å². The highest BCUT2D eigenvalue weighted by Crippen LogP contribution is 2.19. The zero-order valence-corrected chi connectivity index (χ0v) is 12.3. The SMILES string of the molecule is CC(=O)c1ccccc1C(=O)Nc1cnc2c(c1)COCC2. The number of nitrogens with zero attached hydrogens (tertiary/aromatic N) is 1. The van der Waals surface area contributed by atoms with Gasteiger partial charge in [0.1, 0.15) is 0 Å². The van der Waals surface area contributed by atoms with E-state index in [1.165, 1.54) is 6.92 Å². The van der Waals surface area contributed by atoms with Gasteiger partial charge in [-0.3, -0.25) is 14.6 Å². The van der Waals surface area contributed by atoms with Crippen LogP contribution < -0.4 is 5.32 Å². The maximum atomic E-state index is 12.4. The molecule has 0 unspecified atom stereocenters. The number of Topliss-reactive ketones (excluding diaryl/α,β-unsaturated/α-hetero) is 1. The molecule has 0 bridgehead atoms. The molecule has 0 saturated carbocycles. The summed E-state index contributed by atoms with van der Waals surface area (Å²) in [6, 6.07) is 8.64. The first-order valence-corrected chi connectivity index (χ1v) is 7.12. The Kier molecular flexibility index (Phi) is 3.98. The molecule has 0 spiro atoms. The van der Waals surface area contributed by atoms with Crippen molar-refractivity contribution < 1.29 is 14.3 Å². The molecule has 1 N–H and O–H groups in total. The molecule has 22 heavy (non-hydrogen) atoms. The van der Waals surface area contributed by atoms with Gasteiger partial charge in [0.25, 0.3) is 5.91 Å². The second kappa shape index (κ2) is 6.07. The predicted molar refractivity (Wildman–Crippen MR) is 82.0 cm³/mol. The molecule has 1 aromatic heterocycles. The molecule has 2 heterocycles. The Labute approximate surface area is 128 Å². The Bertz CT molecular complexity index is 740. The third kappa shape index (κ3) is 2.89. The number of aromatic nitrogens is 1. The van der Waals surface area contributed by atoms with Crippen LogP contribution in [0.1, 0.15) is 38.9 Å². The Hall–Kier alpha value is -2.53. The fourth-order valence-corrected chi connectivity index (χ4v) is 2.49. The standard InChI is InChI=1S/C17H16N2O3/c1-11(20)14-4-2-3-5-15(14)17(21)19-13-8-12-10-22-7-6-16(12)18-9-13/h2-5,8-9H,6-7,10H2,1H3,(H,19,21). The lowest BCUT2D eigenvalue weighted by Crippen LogP contribution is -2.17. The van der Waals surface area contributed by atoms with E-state index in [2.05, 4.69) is 10.3 Å². The number of rotatable bonds is 3. The first-order valence-electron chi connectivity index (χ1n) is 7.12. The van der Waals surface area contributed by atoms with Gasteiger partial charge in [0.2, 0.25) is 0 Å². The fraction of sp³-hybridized carbons (Fsp3) is 0.235. The number of hydrogen-bond acceptors (Lipinski definition) is 4. The summed E-state index contributed by atoms with van der Waals surface area (Å²) in [6.07, 6.45) is 2.43. The van der Waals surface area contributed by atoms with Crippen molar-refractivity contribution in [1.29, 1.82) is 0 Å². The van der Waals surface area contributed by atoms with E-state index in [9.17, 15) is 9.59 Å². The van der Waals surface area contributed by atoms with Gasteiger partial charge >= 0.3 is 0 Å². The molecule has 112 valence electrons. The van der Waals surface area contributed by atoms with Crippen LogP contribution in [-0.2, 0) is 17.8 Å². The lowest BCUT2D eigenvalue weighted by molar-refractivity contribution is 0.0985. The van der Waals surface area contributed by atoms with Crippen molar-refractivity contribution in [3.63, 3.8) is 0 Å². The van der Waals surface area contributed by atoms with Crippen LogP contribution in [-0.4, -0.2) is 23.3 Å². The summed E-state index contributed by atoms with van der Waals surface area (Å²) in [7, 11) is 0. The number of carbonyl (C=O) groups is 2. The quantitative estimate of drug-likeness (QED) is 0.884. The van der Waals surface area contributed by atoms with E-state index < -0.39 is 0 Å². The third-order valence-corrected chi connectivity index (χ3v) is 3.61. The number of fused-ring (bicyclic) bond motifs is 1. The Balaban J connectivity index is 1.84. The molecule has 0 saturated heterocycles. The van der Waals surface area contributed by atoms with E-state index in [1.54, 1.807) is 30.5 Å². The number of ketones is 1. The molecule has 1 aliphatic heterocycles. The van der Waals surface area contributed by atoms with Crippen molar-refractivity contribution in [3.8, 4) is 0 Å². The van der Waals surface area contributed by atoms with E-state index in [1.807, 2.05) is 6.07 Å².